The molecule has 0 nitrogen and oxygen atoms in total. The summed E-state index contributed by atoms with van der Waals surface area (Å²) in [7, 11) is 0. The first kappa shape index (κ1) is 11.7. The third-order valence-corrected chi connectivity index (χ3v) is 3.39. The van der Waals surface area contributed by atoms with Gasteiger partial charge < -0.3 is 0 Å². The van der Waals surface area contributed by atoms with E-state index in [2.05, 4.69) is 46.3 Å². The van der Waals surface area contributed by atoms with Crippen LogP contribution in [0.5, 0.6) is 0 Å². The van der Waals surface area contributed by atoms with Gasteiger partial charge in [-0.25, -0.2) is 0 Å². The van der Waals surface area contributed by atoms with Crippen LogP contribution in [0.3, 0.4) is 0 Å². The van der Waals surface area contributed by atoms with Gasteiger partial charge in [0, 0.05) is 10.4 Å². The molecule has 0 fully saturated rings. The molecule has 0 bridgehead atoms. The highest BCUT2D eigenvalue weighted by atomic mass is 79.9. The largest absolute Gasteiger partial charge is 0.0876 e. The van der Waals surface area contributed by atoms with Crippen LogP contribution >= 0.6 is 27.5 Å². The molecule has 0 aromatic heterocycles. The van der Waals surface area contributed by atoms with E-state index in [0.29, 0.717) is 0 Å². The second-order valence-electron chi connectivity index (χ2n) is 3.71. The lowest BCUT2D eigenvalue weighted by Crippen LogP contribution is -1.93. The van der Waals surface area contributed by atoms with Crippen LogP contribution in [0.2, 0.25) is 5.02 Å². The minimum absolute atomic E-state index is 0.797. The highest BCUT2D eigenvalue weighted by Gasteiger charge is 2.03. The molecule has 0 spiro atoms. The minimum atomic E-state index is 0.797. The van der Waals surface area contributed by atoms with Gasteiger partial charge in [0.05, 0.1) is 0 Å². The monoisotopic (exact) mass is 294 g/mol. The van der Waals surface area contributed by atoms with Gasteiger partial charge >= 0.3 is 0 Å². The van der Waals surface area contributed by atoms with E-state index in [1.807, 2.05) is 18.2 Å². The third kappa shape index (κ3) is 2.87. The van der Waals surface area contributed by atoms with E-state index in [1.54, 1.807) is 0 Å². The smallest absolute Gasteiger partial charge is 0.0409 e. The Morgan fingerprint density at radius 2 is 1.69 bits per heavy atom. The summed E-state index contributed by atoms with van der Waals surface area (Å²) in [4.78, 5) is 0. The van der Waals surface area contributed by atoms with Crippen molar-refractivity contribution in [2.45, 2.75) is 11.8 Å². The quantitative estimate of drug-likeness (QED) is 0.712. The van der Waals surface area contributed by atoms with E-state index >= 15 is 0 Å². The van der Waals surface area contributed by atoms with Gasteiger partial charge in [-0.05, 0) is 35.2 Å². The van der Waals surface area contributed by atoms with Crippen molar-refractivity contribution in [2.75, 3.05) is 0 Å². The molecule has 0 aliphatic rings. The molecule has 0 saturated carbocycles. The molecule has 16 heavy (non-hydrogen) atoms. The molecule has 2 rings (SSSR count). The molecule has 82 valence electrons. The minimum Gasteiger partial charge on any atom is -0.0876 e. The molecule has 0 heterocycles. The molecule has 0 N–H and O–H groups in total. The number of hydrogen-bond donors (Lipinski definition) is 0. The fourth-order valence-corrected chi connectivity index (χ4v) is 2.42. The second-order valence-corrected chi connectivity index (χ2v) is 4.71. The van der Waals surface area contributed by atoms with Gasteiger partial charge in [-0.15, -0.1) is 0 Å². The Hall–Kier alpha value is -0.790. The maximum atomic E-state index is 5.98. The van der Waals surface area contributed by atoms with Crippen LogP contribution in [0.25, 0.3) is 0 Å². The van der Waals surface area contributed by atoms with E-state index in [-0.39, 0.29) is 0 Å². The molecule has 2 aromatic carbocycles. The molecule has 0 saturated heterocycles. The van der Waals surface area contributed by atoms with Crippen molar-refractivity contribution in [3.8, 4) is 0 Å². The van der Waals surface area contributed by atoms with Gasteiger partial charge in [0.1, 0.15) is 0 Å². The lowest BCUT2D eigenvalue weighted by Gasteiger charge is -2.07. The summed E-state index contributed by atoms with van der Waals surface area (Å²) < 4.78 is 0. The van der Waals surface area contributed by atoms with Crippen LogP contribution in [0, 0.1) is 0 Å². The van der Waals surface area contributed by atoms with Crippen LogP contribution in [0.4, 0.5) is 0 Å². The van der Waals surface area contributed by atoms with E-state index in [0.717, 1.165) is 16.8 Å². The zero-order valence-electron chi connectivity index (χ0n) is 8.79. The number of alkyl halides is 1. The van der Waals surface area contributed by atoms with Crippen LogP contribution in [0.15, 0.2) is 48.5 Å². The topological polar surface area (TPSA) is 0 Å². The molecule has 0 radical (unpaired) electrons. The first-order chi connectivity index (χ1) is 7.79. The number of benzene rings is 2. The summed E-state index contributed by atoms with van der Waals surface area (Å²) in [5.74, 6) is 0. The van der Waals surface area contributed by atoms with Crippen molar-refractivity contribution in [1.82, 2.24) is 0 Å². The lowest BCUT2D eigenvalue weighted by molar-refractivity contribution is 1.15. The summed E-state index contributed by atoms with van der Waals surface area (Å²) in [6, 6.07) is 16.5. The molecule has 0 atom stereocenters. The van der Waals surface area contributed by atoms with Gasteiger partial charge in [0.2, 0.25) is 0 Å². The van der Waals surface area contributed by atoms with Crippen molar-refractivity contribution in [3.63, 3.8) is 0 Å². The fraction of sp³-hybridized carbons (Fsp3) is 0.143. The summed E-state index contributed by atoms with van der Waals surface area (Å²) in [6.45, 7) is 0. The van der Waals surface area contributed by atoms with Crippen molar-refractivity contribution in [3.05, 3.63) is 70.2 Å². The molecular formula is C14H12BrCl. The first-order valence-corrected chi connectivity index (χ1v) is 6.67. The summed E-state index contributed by atoms with van der Waals surface area (Å²) in [5.41, 5.74) is 3.91. The number of halogens is 2. The average molecular weight is 296 g/mol. The number of rotatable bonds is 3. The zero-order chi connectivity index (χ0) is 11.4. The summed E-state index contributed by atoms with van der Waals surface area (Å²) in [5, 5.41) is 1.64. The molecule has 0 amide bonds. The maximum absolute atomic E-state index is 5.98. The van der Waals surface area contributed by atoms with Gasteiger partial charge in [-0.1, -0.05) is 63.9 Å². The van der Waals surface area contributed by atoms with Gasteiger partial charge in [-0.2, -0.15) is 0 Å². The summed E-state index contributed by atoms with van der Waals surface area (Å²) >= 11 is 9.47. The van der Waals surface area contributed by atoms with Crippen molar-refractivity contribution in [1.29, 1.82) is 0 Å². The van der Waals surface area contributed by atoms with Crippen LogP contribution in [0.1, 0.15) is 16.7 Å². The second kappa shape index (κ2) is 5.51. The normalized spacial score (nSPS) is 10.4. The van der Waals surface area contributed by atoms with Crippen LogP contribution in [-0.2, 0) is 11.8 Å². The Balaban J connectivity index is 2.28. The van der Waals surface area contributed by atoms with Crippen LogP contribution in [-0.4, -0.2) is 0 Å². The van der Waals surface area contributed by atoms with Gasteiger partial charge in [-0.3, -0.25) is 0 Å². The van der Waals surface area contributed by atoms with E-state index in [9.17, 15) is 0 Å². The first-order valence-electron chi connectivity index (χ1n) is 5.17. The highest BCUT2D eigenvalue weighted by molar-refractivity contribution is 9.08. The standard InChI is InChI=1S/C14H12BrCl/c15-10-13-9-14(16)7-6-12(13)8-11-4-2-1-3-5-11/h1-7,9H,8,10H2. The van der Waals surface area contributed by atoms with Crippen molar-refractivity contribution < 1.29 is 0 Å². The lowest BCUT2D eigenvalue weighted by atomic mass is 10.0. The van der Waals surface area contributed by atoms with E-state index < -0.39 is 0 Å². The van der Waals surface area contributed by atoms with Gasteiger partial charge in [0.15, 0.2) is 0 Å². The van der Waals surface area contributed by atoms with Crippen LogP contribution < -0.4 is 0 Å². The molecule has 2 aromatic rings. The predicted molar refractivity (Wildman–Crippen MR) is 73.3 cm³/mol. The van der Waals surface area contributed by atoms with E-state index in [4.69, 9.17) is 11.6 Å². The maximum Gasteiger partial charge on any atom is 0.0409 e. The Morgan fingerprint density at radius 1 is 0.938 bits per heavy atom. The fourth-order valence-electron chi connectivity index (χ4n) is 1.71. The van der Waals surface area contributed by atoms with Crippen molar-refractivity contribution >= 4 is 27.5 Å². The Bertz CT molecular complexity index is 465. The Kier molecular flexibility index (Phi) is 4.03. The summed E-state index contributed by atoms with van der Waals surface area (Å²) in [6.07, 6.45) is 0.957. The molecule has 0 aliphatic carbocycles. The van der Waals surface area contributed by atoms with Gasteiger partial charge in [0.25, 0.3) is 0 Å². The van der Waals surface area contributed by atoms with E-state index in [1.165, 1.54) is 16.7 Å². The highest BCUT2D eigenvalue weighted by Crippen LogP contribution is 2.21. The average Bonchev–Trinajstić information content (AvgIpc) is 2.33. The Morgan fingerprint density at radius 3 is 2.38 bits per heavy atom. The SMILES string of the molecule is Clc1ccc(Cc2ccccc2)c(CBr)c1. The molecule has 0 unspecified atom stereocenters. The van der Waals surface area contributed by atoms with Crippen molar-refractivity contribution in [2.24, 2.45) is 0 Å². The molecule has 0 aliphatic heterocycles. The Labute approximate surface area is 109 Å². The third-order valence-electron chi connectivity index (χ3n) is 2.55. The number of hydrogen-bond acceptors (Lipinski definition) is 0. The molecule has 2 heteroatoms. The predicted octanol–water partition coefficient (Wildman–Crippen LogP) is 4.83. The molecular weight excluding hydrogens is 284 g/mol. The zero-order valence-corrected chi connectivity index (χ0v) is 11.1.